The van der Waals surface area contributed by atoms with E-state index in [0.29, 0.717) is 35.3 Å². The molecule has 0 saturated heterocycles. The summed E-state index contributed by atoms with van der Waals surface area (Å²) in [6.45, 7) is 0.917. The molecule has 0 amide bonds. The third kappa shape index (κ3) is 2.82. The Morgan fingerprint density at radius 3 is 2.48 bits per heavy atom. The van der Waals surface area contributed by atoms with Crippen molar-refractivity contribution >= 4 is 26.8 Å². The Kier molecular flexibility index (Phi) is 4.64. The largest absolute Gasteiger partial charge is 0.508 e. The number of aromatic hydroxyl groups is 1. The number of aromatic nitrogens is 3. The number of hydrogen-bond acceptors (Lipinski definition) is 4. The maximum absolute atomic E-state index is 13.4. The number of fused-ring (bicyclic) bond motifs is 3. The van der Waals surface area contributed by atoms with Gasteiger partial charge in [0.1, 0.15) is 11.9 Å². The topological polar surface area (TPSA) is 78.4 Å². The molecule has 2 aromatic heterocycles. The minimum absolute atomic E-state index is 0.103. The lowest BCUT2D eigenvalue weighted by atomic mass is 10.0. The van der Waals surface area contributed by atoms with Gasteiger partial charge in [0.2, 0.25) is 0 Å². The molecule has 0 saturated carbocycles. The summed E-state index contributed by atoms with van der Waals surface area (Å²) in [5.74, 6) is 0.103. The summed E-state index contributed by atoms with van der Waals surface area (Å²) < 4.78 is 11.6. The Bertz CT molecular complexity index is 1460. The fourth-order valence-electron chi connectivity index (χ4n) is 4.46. The predicted octanol–water partition coefficient (Wildman–Crippen LogP) is 3.29. The summed E-state index contributed by atoms with van der Waals surface area (Å²) in [6.07, 6.45) is -0.619. The first-order chi connectivity index (χ1) is 14.9. The first-order valence-corrected chi connectivity index (χ1v) is 10.7. The van der Waals surface area contributed by atoms with E-state index in [4.69, 9.17) is 4.74 Å². The molecular formula is C23H20BrN3O4. The van der Waals surface area contributed by atoms with Gasteiger partial charge in [-0.05, 0) is 12.1 Å². The van der Waals surface area contributed by atoms with E-state index in [1.54, 1.807) is 25.2 Å². The summed E-state index contributed by atoms with van der Waals surface area (Å²) in [4.78, 5) is 26.2. The zero-order chi connectivity index (χ0) is 21.9. The highest BCUT2D eigenvalue weighted by Crippen LogP contribution is 2.43. The van der Waals surface area contributed by atoms with Crippen molar-refractivity contribution in [3.05, 3.63) is 85.1 Å². The number of halogens is 1. The molecule has 3 heterocycles. The van der Waals surface area contributed by atoms with Crippen LogP contribution in [0.2, 0.25) is 0 Å². The molecule has 1 N–H and O–H groups in total. The van der Waals surface area contributed by atoms with Crippen LogP contribution in [0.3, 0.4) is 0 Å². The van der Waals surface area contributed by atoms with Crippen LogP contribution in [0.5, 0.6) is 5.75 Å². The van der Waals surface area contributed by atoms with Gasteiger partial charge < -0.3 is 14.4 Å². The highest BCUT2D eigenvalue weighted by Gasteiger charge is 2.34. The van der Waals surface area contributed by atoms with Gasteiger partial charge in [0.15, 0.2) is 0 Å². The third-order valence-electron chi connectivity index (χ3n) is 5.90. The van der Waals surface area contributed by atoms with E-state index in [2.05, 4.69) is 15.9 Å². The number of nitrogens with zero attached hydrogens (tertiary/aromatic N) is 3. The van der Waals surface area contributed by atoms with Gasteiger partial charge in [0.25, 0.3) is 5.56 Å². The predicted molar refractivity (Wildman–Crippen MR) is 121 cm³/mol. The van der Waals surface area contributed by atoms with Crippen molar-refractivity contribution < 1.29 is 9.84 Å². The zero-order valence-electron chi connectivity index (χ0n) is 17.0. The monoisotopic (exact) mass is 481 g/mol. The van der Waals surface area contributed by atoms with E-state index in [9.17, 15) is 14.7 Å². The molecule has 1 aliphatic rings. The van der Waals surface area contributed by atoms with Gasteiger partial charge in [-0.2, -0.15) is 0 Å². The second-order valence-corrected chi connectivity index (χ2v) is 8.46. The molecule has 31 heavy (non-hydrogen) atoms. The average molecular weight is 482 g/mol. The SMILES string of the molecule is Cn1c(=O)c2c(-c3ccccc3Br)n3c(c2n(C)c1=O)[C@@H](c1ccccc1O)OCC3. The lowest BCUT2D eigenvalue weighted by Gasteiger charge is -2.28. The van der Waals surface area contributed by atoms with Crippen LogP contribution in [0.15, 0.2) is 62.6 Å². The summed E-state index contributed by atoms with van der Waals surface area (Å²) >= 11 is 3.62. The van der Waals surface area contributed by atoms with Crippen molar-refractivity contribution in [2.75, 3.05) is 6.61 Å². The smallest absolute Gasteiger partial charge is 0.331 e. The van der Waals surface area contributed by atoms with E-state index in [1.165, 1.54) is 11.6 Å². The van der Waals surface area contributed by atoms with Crippen LogP contribution in [0.25, 0.3) is 22.2 Å². The zero-order valence-corrected chi connectivity index (χ0v) is 18.6. The number of rotatable bonds is 2. The van der Waals surface area contributed by atoms with Crippen LogP contribution in [0.1, 0.15) is 17.4 Å². The van der Waals surface area contributed by atoms with Gasteiger partial charge >= 0.3 is 5.69 Å². The molecule has 0 aliphatic carbocycles. The standard InChI is InChI=1S/C23H20BrN3O4/c1-25-19-17(22(29)26(2)23(25)30)18(13-7-3-5-9-15(13)24)27-11-12-31-21(20(19)27)14-8-4-6-10-16(14)28/h3-10,21,28H,11-12H2,1-2H3/t21-/m1/s1. The molecule has 8 heteroatoms. The molecule has 0 fully saturated rings. The number of phenolic OH excluding ortho intramolecular Hbond substituents is 1. The highest BCUT2D eigenvalue weighted by atomic mass is 79.9. The minimum Gasteiger partial charge on any atom is -0.508 e. The van der Waals surface area contributed by atoms with Gasteiger partial charge in [0.05, 0.1) is 28.9 Å². The second-order valence-electron chi connectivity index (χ2n) is 7.60. The average Bonchev–Trinajstić information content (AvgIpc) is 3.12. The van der Waals surface area contributed by atoms with Crippen LogP contribution in [-0.2, 0) is 25.4 Å². The van der Waals surface area contributed by atoms with E-state index in [0.717, 1.165) is 20.3 Å². The molecule has 7 nitrogen and oxygen atoms in total. The van der Waals surface area contributed by atoms with E-state index >= 15 is 0 Å². The third-order valence-corrected chi connectivity index (χ3v) is 6.59. The number of ether oxygens (including phenoxy) is 1. The first kappa shape index (κ1) is 19.8. The number of aryl methyl sites for hydroxylation is 1. The second kappa shape index (κ2) is 7.25. The summed E-state index contributed by atoms with van der Waals surface area (Å²) in [5.41, 5.74) is 2.62. The van der Waals surface area contributed by atoms with Gasteiger partial charge in [-0.15, -0.1) is 0 Å². The lowest BCUT2D eigenvalue weighted by Crippen LogP contribution is -2.37. The van der Waals surface area contributed by atoms with E-state index in [1.807, 2.05) is 34.9 Å². The summed E-state index contributed by atoms with van der Waals surface area (Å²) in [5, 5.41) is 11.0. The molecule has 0 bridgehead atoms. The normalized spacial score (nSPS) is 15.9. The molecule has 2 aromatic carbocycles. The van der Waals surface area contributed by atoms with Crippen molar-refractivity contribution in [1.29, 1.82) is 0 Å². The lowest BCUT2D eigenvalue weighted by molar-refractivity contribution is 0.0464. The Morgan fingerprint density at radius 2 is 1.74 bits per heavy atom. The van der Waals surface area contributed by atoms with Crippen molar-refractivity contribution in [3.63, 3.8) is 0 Å². The van der Waals surface area contributed by atoms with Gasteiger partial charge in [-0.3, -0.25) is 13.9 Å². The van der Waals surface area contributed by atoms with Gasteiger partial charge in [-0.25, -0.2) is 4.79 Å². The highest BCUT2D eigenvalue weighted by molar-refractivity contribution is 9.10. The van der Waals surface area contributed by atoms with E-state index in [-0.39, 0.29) is 11.3 Å². The summed E-state index contributed by atoms with van der Waals surface area (Å²) in [6, 6.07) is 14.7. The maximum Gasteiger partial charge on any atom is 0.331 e. The van der Waals surface area contributed by atoms with Gasteiger partial charge in [-0.1, -0.05) is 52.3 Å². The number of para-hydroxylation sites is 1. The van der Waals surface area contributed by atoms with Crippen LogP contribution < -0.4 is 11.2 Å². The molecule has 1 atom stereocenters. The fourth-order valence-corrected chi connectivity index (χ4v) is 4.93. The quantitative estimate of drug-likeness (QED) is 0.476. The van der Waals surface area contributed by atoms with Crippen LogP contribution in [-0.4, -0.2) is 25.4 Å². The van der Waals surface area contributed by atoms with Crippen molar-refractivity contribution in [3.8, 4) is 17.0 Å². The number of benzene rings is 2. The molecule has 4 aromatic rings. The Labute approximate surface area is 185 Å². The van der Waals surface area contributed by atoms with E-state index < -0.39 is 11.8 Å². The molecular weight excluding hydrogens is 462 g/mol. The molecule has 0 spiro atoms. The number of hydrogen-bond donors (Lipinski definition) is 1. The molecule has 158 valence electrons. The molecule has 1 aliphatic heterocycles. The summed E-state index contributed by atoms with van der Waals surface area (Å²) in [7, 11) is 3.15. The Balaban J connectivity index is 1.99. The molecule has 5 rings (SSSR count). The van der Waals surface area contributed by atoms with Crippen molar-refractivity contribution in [2.45, 2.75) is 12.6 Å². The van der Waals surface area contributed by atoms with Crippen LogP contribution in [0, 0.1) is 0 Å². The van der Waals surface area contributed by atoms with Crippen molar-refractivity contribution in [1.82, 2.24) is 13.7 Å². The number of phenols is 1. The fraction of sp³-hybridized carbons (Fsp3) is 0.217. The van der Waals surface area contributed by atoms with Crippen LogP contribution >= 0.6 is 15.9 Å². The Hall–Kier alpha value is -3.10. The van der Waals surface area contributed by atoms with Gasteiger partial charge in [0, 0.05) is 36.2 Å². The van der Waals surface area contributed by atoms with Crippen molar-refractivity contribution in [2.24, 2.45) is 14.1 Å². The maximum atomic E-state index is 13.4. The first-order valence-electron chi connectivity index (χ1n) is 9.88. The molecule has 0 unspecified atom stereocenters. The Morgan fingerprint density at radius 1 is 1.03 bits per heavy atom. The molecule has 0 radical (unpaired) electrons. The minimum atomic E-state index is -0.619. The van der Waals surface area contributed by atoms with Crippen LogP contribution in [0.4, 0.5) is 0 Å².